The van der Waals surface area contributed by atoms with Crippen LogP contribution < -0.4 is 10.4 Å². The molecule has 0 saturated heterocycles. The van der Waals surface area contributed by atoms with Gasteiger partial charge < -0.3 is 0 Å². The Labute approximate surface area is 126 Å². The third-order valence-electron chi connectivity index (χ3n) is 3.62. The standard InChI is InChI=1S/C18H22Si2/c1-14(15-6-10-17(11-7-15)19(2)3)16-8-12-18(13-9-16)20(4)5/h6-13H,1H2,2-5H3. The fourth-order valence-corrected chi connectivity index (χ4v) is 3.84. The lowest BCUT2D eigenvalue weighted by atomic mass is 10.00. The molecule has 0 fully saturated rings. The molecule has 0 aliphatic carbocycles. The van der Waals surface area contributed by atoms with Crippen LogP contribution in [0.1, 0.15) is 11.1 Å². The molecule has 0 aliphatic rings. The van der Waals surface area contributed by atoms with Gasteiger partial charge in [0.05, 0.1) is 17.6 Å². The molecule has 0 unspecified atom stereocenters. The average molecular weight is 295 g/mol. The molecular weight excluding hydrogens is 272 g/mol. The van der Waals surface area contributed by atoms with E-state index >= 15 is 0 Å². The van der Waals surface area contributed by atoms with Crippen LogP contribution in [-0.4, -0.2) is 17.6 Å². The van der Waals surface area contributed by atoms with Crippen molar-refractivity contribution >= 4 is 33.5 Å². The summed E-state index contributed by atoms with van der Waals surface area (Å²) in [7, 11) is -0.719. The van der Waals surface area contributed by atoms with Gasteiger partial charge in [-0.25, -0.2) is 0 Å². The van der Waals surface area contributed by atoms with Gasteiger partial charge in [0.25, 0.3) is 0 Å². The van der Waals surface area contributed by atoms with Crippen LogP contribution in [0.2, 0.25) is 26.2 Å². The highest BCUT2D eigenvalue weighted by Gasteiger charge is 2.06. The maximum Gasteiger partial charge on any atom is 0.0791 e. The minimum absolute atomic E-state index is 0.359. The van der Waals surface area contributed by atoms with Crippen LogP contribution in [0.15, 0.2) is 55.1 Å². The van der Waals surface area contributed by atoms with Crippen molar-refractivity contribution in [2.75, 3.05) is 0 Å². The van der Waals surface area contributed by atoms with Crippen molar-refractivity contribution in [3.63, 3.8) is 0 Å². The maximum atomic E-state index is 4.26. The molecule has 0 aliphatic heterocycles. The highest BCUT2D eigenvalue weighted by atomic mass is 28.3. The first-order valence-electron chi connectivity index (χ1n) is 7.00. The Bertz CT molecular complexity index is 524. The Morgan fingerprint density at radius 2 is 0.950 bits per heavy atom. The van der Waals surface area contributed by atoms with E-state index in [9.17, 15) is 0 Å². The van der Waals surface area contributed by atoms with Crippen molar-refractivity contribution in [3.05, 3.63) is 66.2 Å². The SMILES string of the molecule is C=C(c1ccc([Si](C)C)cc1)c1ccc([Si](C)C)cc1. The second-order valence-corrected chi connectivity index (χ2v) is 10.8. The summed E-state index contributed by atoms with van der Waals surface area (Å²) in [4.78, 5) is 0. The van der Waals surface area contributed by atoms with Crippen molar-refractivity contribution in [1.82, 2.24) is 0 Å². The molecule has 102 valence electrons. The van der Waals surface area contributed by atoms with Crippen molar-refractivity contribution < 1.29 is 0 Å². The van der Waals surface area contributed by atoms with Gasteiger partial charge in [0, 0.05) is 0 Å². The lowest BCUT2D eigenvalue weighted by Crippen LogP contribution is -2.22. The first-order valence-corrected chi connectivity index (χ1v) is 12.0. The Morgan fingerprint density at radius 3 is 1.20 bits per heavy atom. The zero-order valence-corrected chi connectivity index (χ0v) is 14.8. The first kappa shape index (κ1) is 15.0. The minimum atomic E-state index is -0.359. The van der Waals surface area contributed by atoms with Gasteiger partial charge in [-0.3, -0.25) is 0 Å². The molecule has 0 heterocycles. The molecule has 2 heteroatoms. The summed E-state index contributed by atoms with van der Waals surface area (Å²) in [5.74, 6) is 0. The third kappa shape index (κ3) is 3.38. The number of rotatable bonds is 4. The second-order valence-electron chi connectivity index (χ2n) is 5.63. The van der Waals surface area contributed by atoms with Crippen molar-refractivity contribution in [3.8, 4) is 0 Å². The van der Waals surface area contributed by atoms with E-state index < -0.39 is 0 Å². The van der Waals surface area contributed by atoms with Crippen molar-refractivity contribution in [2.45, 2.75) is 26.2 Å². The van der Waals surface area contributed by atoms with Crippen molar-refractivity contribution in [1.29, 1.82) is 0 Å². The molecule has 2 rings (SSSR count). The van der Waals surface area contributed by atoms with Crippen LogP contribution >= 0.6 is 0 Å². The first-order chi connectivity index (χ1) is 9.49. The van der Waals surface area contributed by atoms with E-state index in [-0.39, 0.29) is 17.6 Å². The predicted octanol–water partition coefficient (Wildman–Crippen LogP) is 3.67. The van der Waals surface area contributed by atoms with E-state index in [2.05, 4.69) is 81.3 Å². The summed E-state index contributed by atoms with van der Waals surface area (Å²) in [6, 6.07) is 17.8. The molecule has 20 heavy (non-hydrogen) atoms. The zero-order chi connectivity index (χ0) is 14.7. The normalized spacial score (nSPS) is 11.1. The van der Waals surface area contributed by atoms with Gasteiger partial charge in [-0.15, -0.1) is 0 Å². The van der Waals surface area contributed by atoms with Crippen LogP contribution in [-0.2, 0) is 0 Å². The van der Waals surface area contributed by atoms with Crippen LogP contribution in [0.25, 0.3) is 5.57 Å². The zero-order valence-electron chi connectivity index (χ0n) is 12.8. The van der Waals surface area contributed by atoms with Gasteiger partial charge in [0.2, 0.25) is 0 Å². The Morgan fingerprint density at radius 1 is 0.650 bits per heavy atom. The van der Waals surface area contributed by atoms with E-state index in [1.807, 2.05) is 0 Å². The van der Waals surface area contributed by atoms with E-state index in [0.717, 1.165) is 5.57 Å². The fraction of sp³-hybridized carbons (Fsp3) is 0.222. The molecule has 0 N–H and O–H groups in total. The highest BCUT2D eigenvalue weighted by molar-refractivity contribution is 6.71. The van der Waals surface area contributed by atoms with E-state index in [1.165, 1.54) is 21.5 Å². The third-order valence-corrected chi connectivity index (χ3v) is 6.60. The van der Waals surface area contributed by atoms with E-state index in [0.29, 0.717) is 0 Å². The lowest BCUT2D eigenvalue weighted by Gasteiger charge is -2.10. The molecule has 2 radical (unpaired) electrons. The molecule has 0 atom stereocenters. The average Bonchev–Trinajstić information content (AvgIpc) is 2.46. The molecule has 0 aromatic heterocycles. The summed E-state index contributed by atoms with van der Waals surface area (Å²) in [5, 5.41) is 2.96. The smallest absolute Gasteiger partial charge is 0.0791 e. The summed E-state index contributed by atoms with van der Waals surface area (Å²) in [6.07, 6.45) is 0. The monoisotopic (exact) mass is 294 g/mol. The molecule has 0 bridgehead atoms. The van der Waals surface area contributed by atoms with Gasteiger partial charge in [-0.2, -0.15) is 0 Å². The molecule has 0 spiro atoms. The minimum Gasteiger partial charge on any atom is -0.0906 e. The maximum absolute atomic E-state index is 4.26. The van der Waals surface area contributed by atoms with Gasteiger partial charge in [0.1, 0.15) is 0 Å². The lowest BCUT2D eigenvalue weighted by molar-refractivity contribution is 1.58. The van der Waals surface area contributed by atoms with Gasteiger partial charge >= 0.3 is 0 Å². The number of hydrogen-bond donors (Lipinski definition) is 0. The molecule has 0 amide bonds. The molecule has 0 saturated carbocycles. The molecule has 0 nitrogen and oxygen atoms in total. The summed E-state index contributed by atoms with van der Waals surface area (Å²) < 4.78 is 0. The van der Waals surface area contributed by atoms with E-state index in [4.69, 9.17) is 0 Å². The summed E-state index contributed by atoms with van der Waals surface area (Å²) >= 11 is 0. The summed E-state index contributed by atoms with van der Waals surface area (Å²) in [6.45, 7) is 13.5. The Balaban J connectivity index is 2.22. The number of benzene rings is 2. The number of hydrogen-bond acceptors (Lipinski definition) is 0. The highest BCUT2D eigenvalue weighted by Crippen LogP contribution is 2.20. The largest absolute Gasteiger partial charge is 0.0906 e. The quantitative estimate of drug-likeness (QED) is 0.755. The van der Waals surface area contributed by atoms with Crippen LogP contribution in [0.4, 0.5) is 0 Å². The molecular formula is C18H22Si2. The Kier molecular flexibility index (Phi) is 4.79. The van der Waals surface area contributed by atoms with Crippen molar-refractivity contribution in [2.24, 2.45) is 0 Å². The van der Waals surface area contributed by atoms with Crippen LogP contribution in [0, 0.1) is 0 Å². The summed E-state index contributed by atoms with van der Waals surface area (Å²) in [5.41, 5.74) is 3.57. The predicted molar refractivity (Wildman–Crippen MR) is 95.3 cm³/mol. The van der Waals surface area contributed by atoms with Gasteiger partial charge in [0.15, 0.2) is 0 Å². The molecule has 2 aromatic rings. The fourth-order valence-electron chi connectivity index (χ4n) is 2.18. The van der Waals surface area contributed by atoms with Gasteiger partial charge in [-0.05, 0) is 16.7 Å². The van der Waals surface area contributed by atoms with Crippen LogP contribution in [0.3, 0.4) is 0 Å². The topological polar surface area (TPSA) is 0 Å². The molecule has 2 aromatic carbocycles. The van der Waals surface area contributed by atoms with E-state index in [1.54, 1.807) is 0 Å². The Hall–Kier alpha value is -1.39. The van der Waals surface area contributed by atoms with Crippen LogP contribution in [0.5, 0.6) is 0 Å². The second kappa shape index (κ2) is 6.38. The van der Waals surface area contributed by atoms with Gasteiger partial charge in [-0.1, -0.05) is 91.7 Å².